The fraction of sp³-hybridized carbons (Fsp3) is 0.471. The second kappa shape index (κ2) is 5.80. The van der Waals surface area contributed by atoms with E-state index in [1.54, 1.807) is 0 Å². The fourth-order valence-electron chi connectivity index (χ4n) is 3.11. The molecule has 0 aliphatic heterocycles. The number of nitrogens with zero attached hydrogens (tertiary/aromatic N) is 2. The lowest BCUT2D eigenvalue weighted by Crippen LogP contribution is -2.41. The highest BCUT2D eigenvalue weighted by Gasteiger charge is 2.30. The first-order valence-electron chi connectivity index (χ1n) is 7.49. The normalized spacial score (nSPS) is 21.7. The Kier molecular flexibility index (Phi) is 3.88. The van der Waals surface area contributed by atoms with E-state index in [0.717, 1.165) is 24.7 Å². The maximum atomic E-state index is 4.35. The van der Waals surface area contributed by atoms with Crippen molar-refractivity contribution >= 4 is 0 Å². The standard InChI is InChI=1S/C17H23N3/c1-13-5-3-4-6-16(13)14-11-15(12-14)18-8-7-17-19-9-10-20(17)2/h3-6,9-10,14-15,18H,7-8,11-12H2,1-2H3. The summed E-state index contributed by atoms with van der Waals surface area (Å²) >= 11 is 0. The van der Waals surface area contributed by atoms with Gasteiger partial charge in [-0.3, -0.25) is 0 Å². The highest BCUT2D eigenvalue weighted by Crippen LogP contribution is 2.38. The number of benzene rings is 1. The first-order valence-corrected chi connectivity index (χ1v) is 7.49. The molecular formula is C17H23N3. The monoisotopic (exact) mass is 269 g/mol. The zero-order valence-electron chi connectivity index (χ0n) is 12.3. The Morgan fingerprint density at radius 2 is 2.10 bits per heavy atom. The third-order valence-corrected chi connectivity index (χ3v) is 4.47. The summed E-state index contributed by atoms with van der Waals surface area (Å²) in [5, 5.41) is 3.65. The van der Waals surface area contributed by atoms with E-state index in [1.807, 2.05) is 12.4 Å². The van der Waals surface area contributed by atoms with Gasteiger partial charge in [-0.1, -0.05) is 24.3 Å². The molecular weight excluding hydrogens is 246 g/mol. The molecule has 1 aromatic carbocycles. The van der Waals surface area contributed by atoms with Gasteiger partial charge in [-0.2, -0.15) is 0 Å². The number of imidazole rings is 1. The van der Waals surface area contributed by atoms with E-state index < -0.39 is 0 Å². The van der Waals surface area contributed by atoms with Gasteiger partial charge >= 0.3 is 0 Å². The molecule has 3 heteroatoms. The lowest BCUT2D eigenvalue weighted by molar-refractivity contribution is 0.291. The Labute approximate surface area is 121 Å². The van der Waals surface area contributed by atoms with Crippen LogP contribution in [0.3, 0.4) is 0 Å². The average Bonchev–Trinajstić information content (AvgIpc) is 2.79. The zero-order valence-corrected chi connectivity index (χ0v) is 12.3. The van der Waals surface area contributed by atoms with E-state index in [1.165, 1.54) is 24.0 Å². The summed E-state index contributed by atoms with van der Waals surface area (Å²) in [6.45, 7) is 3.24. The Bertz CT molecular complexity index is 567. The van der Waals surface area contributed by atoms with Crippen molar-refractivity contribution in [3.05, 3.63) is 53.6 Å². The molecule has 3 nitrogen and oxygen atoms in total. The topological polar surface area (TPSA) is 29.9 Å². The molecule has 2 aromatic rings. The minimum atomic E-state index is 0.680. The number of rotatable bonds is 5. The molecule has 106 valence electrons. The average molecular weight is 269 g/mol. The van der Waals surface area contributed by atoms with Gasteiger partial charge in [0.2, 0.25) is 0 Å². The molecule has 1 aromatic heterocycles. The number of hydrogen-bond donors (Lipinski definition) is 1. The lowest BCUT2D eigenvalue weighted by Gasteiger charge is -2.37. The van der Waals surface area contributed by atoms with E-state index in [9.17, 15) is 0 Å². The van der Waals surface area contributed by atoms with Gasteiger partial charge in [0.15, 0.2) is 0 Å². The van der Waals surface area contributed by atoms with E-state index in [2.05, 4.69) is 53.1 Å². The SMILES string of the molecule is Cc1ccccc1C1CC(NCCc2nccn2C)C1. The summed E-state index contributed by atoms with van der Waals surface area (Å²) in [4.78, 5) is 4.35. The van der Waals surface area contributed by atoms with Crippen LogP contribution in [0.15, 0.2) is 36.7 Å². The van der Waals surface area contributed by atoms with E-state index in [0.29, 0.717) is 6.04 Å². The van der Waals surface area contributed by atoms with Gasteiger partial charge in [-0.25, -0.2) is 4.98 Å². The predicted octanol–water partition coefficient (Wildman–Crippen LogP) is 2.81. The smallest absolute Gasteiger partial charge is 0.109 e. The van der Waals surface area contributed by atoms with Crippen molar-refractivity contribution in [1.29, 1.82) is 0 Å². The first-order chi connectivity index (χ1) is 9.74. The molecule has 0 bridgehead atoms. The molecule has 0 radical (unpaired) electrons. The van der Waals surface area contributed by atoms with Gasteiger partial charge in [0.25, 0.3) is 0 Å². The van der Waals surface area contributed by atoms with Crippen LogP contribution in [0.5, 0.6) is 0 Å². The molecule has 1 fully saturated rings. The van der Waals surface area contributed by atoms with Gasteiger partial charge in [-0.15, -0.1) is 0 Å². The van der Waals surface area contributed by atoms with Crippen molar-refractivity contribution in [2.75, 3.05) is 6.54 Å². The van der Waals surface area contributed by atoms with Crippen molar-refractivity contribution in [3.63, 3.8) is 0 Å². The van der Waals surface area contributed by atoms with Crippen LogP contribution in [0.2, 0.25) is 0 Å². The number of hydrogen-bond acceptors (Lipinski definition) is 2. The Hall–Kier alpha value is -1.61. The minimum Gasteiger partial charge on any atom is -0.338 e. The molecule has 0 amide bonds. The largest absolute Gasteiger partial charge is 0.338 e. The summed E-state index contributed by atoms with van der Waals surface area (Å²) in [6.07, 6.45) is 7.42. The summed E-state index contributed by atoms with van der Waals surface area (Å²) in [6, 6.07) is 9.46. The van der Waals surface area contributed by atoms with Crippen molar-refractivity contribution in [2.45, 2.75) is 38.1 Å². The first kappa shape index (κ1) is 13.4. The molecule has 1 saturated carbocycles. The summed E-state index contributed by atoms with van der Waals surface area (Å²) in [5.41, 5.74) is 2.97. The molecule has 1 aliphatic rings. The van der Waals surface area contributed by atoms with Gasteiger partial charge in [0, 0.05) is 38.4 Å². The molecule has 1 heterocycles. The maximum Gasteiger partial charge on any atom is 0.109 e. The van der Waals surface area contributed by atoms with Gasteiger partial charge in [-0.05, 0) is 36.8 Å². The molecule has 0 spiro atoms. The van der Waals surface area contributed by atoms with Crippen LogP contribution in [0, 0.1) is 6.92 Å². The molecule has 0 unspecified atom stereocenters. The van der Waals surface area contributed by atoms with Crippen LogP contribution in [0.1, 0.15) is 35.7 Å². The molecule has 1 N–H and O–H groups in total. The second-order valence-electron chi connectivity index (χ2n) is 5.88. The van der Waals surface area contributed by atoms with E-state index in [-0.39, 0.29) is 0 Å². The van der Waals surface area contributed by atoms with Crippen LogP contribution < -0.4 is 5.32 Å². The number of nitrogens with one attached hydrogen (secondary N) is 1. The highest BCUT2D eigenvalue weighted by molar-refractivity contribution is 5.31. The van der Waals surface area contributed by atoms with Crippen LogP contribution in [0.4, 0.5) is 0 Å². The zero-order chi connectivity index (χ0) is 13.9. The Morgan fingerprint density at radius 1 is 1.30 bits per heavy atom. The van der Waals surface area contributed by atoms with Crippen LogP contribution in [-0.4, -0.2) is 22.1 Å². The van der Waals surface area contributed by atoms with Crippen molar-refractivity contribution in [3.8, 4) is 0 Å². The van der Waals surface area contributed by atoms with Gasteiger partial charge in [0.1, 0.15) is 5.82 Å². The van der Waals surface area contributed by atoms with Crippen LogP contribution >= 0.6 is 0 Å². The van der Waals surface area contributed by atoms with Crippen LogP contribution in [-0.2, 0) is 13.5 Å². The predicted molar refractivity (Wildman–Crippen MR) is 81.9 cm³/mol. The van der Waals surface area contributed by atoms with Crippen molar-refractivity contribution in [2.24, 2.45) is 7.05 Å². The Morgan fingerprint density at radius 3 is 2.80 bits per heavy atom. The number of aromatic nitrogens is 2. The quantitative estimate of drug-likeness (QED) is 0.904. The van der Waals surface area contributed by atoms with Gasteiger partial charge < -0.3 is 9.88 Å². The van der Waals surface area contributed by atoms with E-state index >= 15 is 0 Å². The molecule has 1 aliphatic carbocycles. The highest BCUT2D eigenvalue weighted by atomic mass is 15.0. The third-order valence-electron chi connectivity index (χ3n) is 4.47. The molecule has 3 rings (SSSR count). The number of aryl methyl sites for hydroxylation is 2. The van der Waals surface area contributed by atoms with Crippen molar-refractivity contribution < 1.29 is 0 Å². The maximum absolute atomic E-state index is 4.35. The molecule has 0 saturated heterocycles. The third kappa shape index (κ3) is 2.78. The summed E-state index contributed by atoms with van der Waals surface area (Å²) in [5.74, 6) is 1.91. The van der Waals surface area contributed by atoms with Gasteiger partial charge in [0.05, 0.1) is 0 Å². The Balaban J connectivity index is 1.43. The molecule has 0 atom stereocenters. The summed E-state index contributed by atoms with van der Waals surface area (Å²) < 4.78 is 2.10. The second-order valence-corrected chi connectivity index (χ2v) is 5.88. The van der Waals surface area contributed by atoms with Crippen LogP contribution in [0.25, 0.3) is 0 Å². The minimum absolute atomic E-state index is 0.680. The summed E-state index contributed by atoms with van der Waals surface area (Å²) in [7, 11) is 2.06. The van der Waals surface area contributed by atoms with E-state index in [4.69, 9.17) is 0 Å². The lowest BCUT2D eigenvalue weighted by atomic mass is 9.74. The fourth-order valence-corrected chi connectivity index (χ4v) is 3.11. The molecule has 20 heavy (non-hydrogen) atoms. The van der Waals surface area contributed by atoms with Crippen molar-refractivity contribution in [1.82, 2.24) is 14.9 Å².